The van der Waals surface area contributed by atoms with Crippen molar-refractivity contribution in [3.8, 4) is 5.75 Å². The Morgan fingerprint density at radius 2 is 1.26 bits per heavy atom. The number of hydrogen-bond acceptors (Lipinski definition) is 5. The molecule has 0 aliphatic rings. The SMILES string of the molecule is C=CC(=O)OCc1ccc(N(c2ccc(C)cc2)c2ccc(OC(=O)C=C)cc2)cc1. The minimum absolute atomic E-state index is 0.180. The molecule has 0 heterocycles. The molecule has 3 aromatic rings. The molecular weight excluding hydrogens is 390 g/mol. The molecule has 0 saturated heterocycles. The number of esters is 2. The second-order valence-corrected chi connectivity index (χ2v) is 6.77. The van der Waals surface area contributed by atoms with Gasteiger partial charge in [0.05, 0.1) is 0 Å². The summed E-state index contributed by atoms with van der Waals surface area (Å²) < 4.78 is 10.3. The number of anilines is 3. The van der Waals surface area contributed by atoms with Crippen molar-refractivity contribution >= 4 is 29.0 Å². The summed E-state index contributed by atoms with van der Waals surface area (Å²) in [5.74, 6) is -0.518. The van der Waals surface area contributed by atoms with Gasteiger partial charge in [-0.1, -0.05) is 43.0 Å². The highest BCUT2D eigenvalue weighted by Gasteiger charge is 2.13. The lowest BCUT2D eigenvalue weighted by atomic mass is 10.1. The molecule has 0 aliphatic carbocycles. The van der Waals surface area contributed by atoms with Crippen LogP contribution in [0.25, 0.3) is 0 Å². The van der Waals surface area contributed by atoms with Gasteiger partial charge in [-0.15, -0.1) is 0 Å². The first-order chi connectivity index (χ1) is 15.0. The van der Waals surface area contributed by atoms with Gasteiger partial charge in [0.25, 0.3) is 0 Å². The molecule has 0 aromatic heterocycles. The van der Waals surface area contributed by atoms with Crippen LogP contribution in [0.2, 0.25) is 0 Å². The summed E-state index contributed by atoms with van der Waals surface area (Å²) in [5.41, 5.74) is 4.84. The third-order valence-corrected chi connectivity index (χ3v) is 4.51. The molecule has 5 heteroatoms. The third kappa shape index (κ3) is 5.70. The Morgan fingerprint density at radius 3 is 1.77 bits per heavy atom. The summed E-state index contributed by atoms with van der Waals surface area (Å²) in [4.78, 5) is 24.8. The van der Waals surface area contributed by atoms with Crippen LogP contribution >= 0.6 is 0 Å². The molecule has 0 amide bonds. The maximum atomic E-state index is 11.4. The highest BCUT2D eigenvalue weighted by molar-refractivity contribution is 5.84. The Hall–Kier alpha value is -4.12. The van der Waals surface area contributed by atoms with Crippen molar-refractivity contribution in [1.82, 2.24) is 0 Å². The van der Waals surface area contributed by atoms with Gasteiger partial charge < -0.3 is 14.4 Å². The van der Waals surface area contributed by atoms with Gasteiger partial charge in [-0.2, -0.15) is 0 Å². The smallest absolute Gasteiger partial charge is 0.335 e. The first kappa shape index (κ1) is 21.6. The maximum Gasteiger partial charge on any atom is 0.335 e. The molecule has 0 atom stereocenters. The van der Waals surface area contributed by atoms with Crippen molar-refractivity contribution < 1.29 is 19.1 Å². The topological polar surface area (TPSA) is 55.8 Å². The minimum Gasteiger partial charge on any atom is -0.458 e. The molecule has 0 aliphatic heterocycles. The number of aryl methyl sites for hydroxylation is 1. The monoisotopic (exact) mass is 413 g/mol. The fourth-order valence-corrected chi connectivity index (χ4v) is 2.92. The zero-order valence-corrected chi connectivity index (χ0v) is 17.3. The lowest BCUT2D eigenvalue weighted by molar-refractivity contribution is -0.139. The van der Waals surface area contributed by atoms with E-state index in [0.29, 0.717) is 5.75 Å². The normalized spacial score (nSPS) is 10.1. The molecule has 0 N–H and O–H groups in total. The fraction of sp³-hybridized carbons (Fsp3) is 0.0769. The molecule has 156 valence electrons. The Bertz CT molecular complexity index is 1070. The number of benzene rings is 3. The van der Waals surface area contributed by atoms with E-state index in [0.717, 1.165) is 40.3 Å². The fourth-order valence-electron chi connectivity index (χ4n) is 2.92. The first-order valence-electron chi connectivity index (χ1n) is 9.69. The average Bonchev–Trinajstić information content (AvgIpc) is 2.80. The predicted octanol–water partition coefficient (Wildman–Crippen LogP) is 5.79. The Morgan fingerprint density at radius 1 is 0.774 bits per heavy atom. The molecule has 0 saturated carbocycles. The van der Waals surface area contributed by atoms with Gasteiger partial charge >= 0.3 is 11.9 Å². The summed E-state index contributed by atoms with van der Waals surface area (Å²) in [7, 11) is 0. The number of ether oxygens (including phenoxy) is 2. The highest BCUT2D eigenvalue weighted by atomic mass is 16.5. The second kappa shape index (κ2) is 10.1. The van der Waals surface area contributed by atoms with E-state index in [1.807, 2.05) is 67.6 Å². The van der Waals surface area contributed by atoms with Crippen molar-refractivity contribution in [3.63, 3.8) is 0 Å². The largest absolute Gasteiger partial charge is 0.458 e. The van der Waals surface area contributed by atoms with Gasteiger partial charge in [0.2, 0.25) is 0 Å². The molecule has 0 radical (unpaired) electrons. The summed E-state index contributed by atoms with van der Waals surface area (Å²) >= 11 is 0. The van der Waals surface area contributed by atoms with Crippen LogP contribution in [-0.2, 0) is 20.9 Å². The molecule has 0 unspecified atom stereocenters. The predicted molar refractivity (Wildman–Crippen MR) is 122 cm³/mol. The number of hydrogen-bond donors (Lipinski definition) is 0. The maximum absolute atomic E-state index is 11.4. The van der Waals surface area contributed by atoms with Crippen LogP contribution in [0.1, 0.15) is 11.1 Å². The van der Waals surface area contributed by atoms with Crippen molar-refractivity contribution in [3.05, 3.63) is 109 Å². The summed E-state index contributed by atoms with van der Waals surface area (Å²) in [6.07, 6.45) is 2.27. The van der Waals surface area contributed by atoms with Crippen molar-refractivity contribution in [2.45, 2.75) is 13.5 Å². The highest BCUT2D eigenvalue weighted by Crippen LogP contribution is 2.35. The van der Waals surface area contributed by atoms with Crippen molar-refractivity contribution in [1.29, 1.82) is 0 Å². The van der Waals surface area contributed by atoms with Gasteiger partial charge in [0.15, 0.2) is 0 Å². The van der Waals surface area contributed by atoms with Gasteiger partial charge in [0, 0.05) is 29.2 Å². The van der Waals surface area contributed by atoms with E-state index >= 15 is 0 Å². The van der Waals surface area contributed by atoms with Gasteiger partial charge in [-0.25, -0.2) is 9.59 Å². The lowest BCUT2D eigenvalue weighted by Gasteiger charge is -2.26. The summed E-state index contributed by atoms with van der Waals surface area (Å²) in [6, 6.07) is 23.2. The van der Waals surface area contributed by atoms with Gasteiger partial charge in [-0.05, 0) is 61.0 Å². The molecule has 3 rings (SSSR count). The molecule has 0 bridgehead atoms. The van der Waals surface area contributed by atoms with E-state index in [9.17, 15) is 9.59 Å². The van der Waals surface area contributed by atoms with E-state index < -0.39 is 11.9 Å². The van der Waals surface area contributed by atoms with Crippen LogP contribution in [-0.4, -0.2) is 11.9 Å². The van der Waals surface area contributed by atoms with E-state index in [4.69, 9.17) is 9.47 Å². The molecule has 31 heavy (non-hydrogen) atoms. The van der Waals surface area contributed by atoms with Crippen LogP contribution in [0.5, 0.6) is 5.75 Å². The molecule has 0 spiro atoms. The zero-order chi connectivity index (χ0) is 22.2. The molecule has 0 fully saturated rings. The Kier molecular flexibility index (Phi) is 7.01. The summed E-state index contributed by atoms with van der Waals surface area (Å²) in [6.45, 7) is 9.02. The van der Waals surface area contributed by atoms with E-state index in [2.05, 4.69) is 18.1 Å². The van der Waals surface area contributed by atoms with Crippen LogP contribution in [0.3, 0.4) is 0 Å². The molecular formula is C26H23NO4. The third-order valence-electron chi connectivity index (χ3n) is 4.51. The molecule has 5 nitrogen and oxygen atoms in total. The Labute approximate surface area is 181 Å². The van der Waals surface area contributed by atoms with E-state index in [1.54, 1.807) is 12.1 Å². The number of carbonyl (C=O) groups is 2. The Balaban J connectivity index is 1.91. The van der Waals surface area contributed by atoms with Crippen LogP contribution in [0.4, 0.5) is 17.1 Å². The van der Waals surface area contributed by atoms with Gasteiger partial charge in [-0.3, -0.25) is 0 Å². The van der Waals surface area contributed by atoms with Crippen LogP contribution in [0.15, 0.2) is 98.1 Å². The minimum atomic E-state index is -0.504. The van der Waals surface area contributed by atoms with Gasteiger partial charge in [0.1, 0.15) is 12.4 Å². The summed E-state index contributed by atoms with van der Waals surface area (Å²) in [5, 5.41) is 0. The van der Waals surface area contributed by atoms with Crippen LogP contribution < -0.4 is 9.64 Å². The average molecular weight is 413 g/mol. The molecule has 3 aromatic carbocycles. The van der Waals surface area contributed by atoms with Crippen molar-refractivity contribution in [2.75, 3.05) is 4.90 Å². The second-order valence-electron chi connectivity index (χ2n) is 6.77. The first-order valence-corrected chi connectivity index (χ1v) is 9.69. The zero-order valence-electron chi connectivity index (χ0n) is 17.3. The quantitative estimate of drug-likeness (QED) is 0.266. The number of rotatable bonds is 8. The lowest BCUT2D eigenvalue weighted by Crippen LogP contribution is -2.10. The number of nitrogens with zero attached hydrogens (tertiary/aromatic N) is 1. The standard InChI is InChI=1S/C26H23NO4/c1-4-25(28)30-18-20-8-12-22(13-9-20)27(21-10-6-19(3)7-11-21)23-14-16-24(17-15-23)31-26(29)5-2/h4-17H,1-2,18H2,3H3. The van der Waals surface area contributed by atoms with E-state index in [-0.39, 0.29) is 6.61 Å². The van der Waals surface area contributed by atoms with E-state index in [1.165, 1.54) is 0 Å². The van der Waals surface area contributed by atoms with Crippen molar-refractivity contribution in [2.24, 2.45) is 0 Å². The van der Waals surface area contributed by atoms with Crippen LogP contribution in [0, 0.1) is 6.92 Å². The number of carbonyl (C=O) groups excluding carboxylic acids is 2.